The molecule has 0 spiro atoms. The molecule has 0 aromatic heterocycles. The SMILES string of the molecule is Cc1cccc2c1OB(O)[C@@H](CC(=O)/C(=N\O)c1ccccc1)C2. The van der Waals surface area contributed by atoms with Gasteiger partial charge in [0.1, 0.15) is 5.75 Å². The zero-order chi connectivity index (χ0) is 17.1. The number of rotatable bonds is 4. The van der Waals surface area contributed by atoms with Crippen LogP contribution in [0.5, 0.6) is 5.75 Å². The predicted octanol–water partition coefficient (Wildman–Crippen LogP) is 2.62. The molecule has 0 bridgehead atoms. The Bertz CT molecular complexity index is 776. The summed E-state index contributed by atoms with van der Waals surface area (Å²) < 4.78 is 5.60. The Morgan fingerprint density at radius 2 is 2.00 bits per heavy atom. The molecule has 0 radical (unpaired) electrons. The summed E-state index contributed by atoms with van der Waals surface area (Å²) in [7, 11) is -1.06. The number of fused-ring (bicyclic) bond motifs is 1. The number of benzene rings is 2. The van der Waals surface area contributed by atoms with Crippen LogP contribution >= 0.6 is 0 Å². The van der Waals surface area contributed by atoms with E-state index in [9.17, 15) is 15.0 Å². The summed E-state index contributed by atoms with van der Waals surface area (Å²) in [6.45, 7) is 1.92. The van der Waals surface area contributed by atoms with Crippen LogP contribution in [0.3, 0.4) is 0 Å². The molecule has 3 rings (SSSR count). The molecule has 24 heavy (non-hydrogen) atoms. The minimum atomic E-state index is -1.06. The molecule has 6 heteroatoms. The number of hydrogen-bond acceptors (Lipinski definition) is 5. The summed E-state index contributed by atoms with van der Waals surface area (Å²) in [4.78, 5) is 12.5. The van der Waals surface area contributed by atoms with E-state index < -0.39 is 7.12 Å². The molecule has 0 unspecified atom stereocenters. The Hall–Kier alpha value is -2.60. The van der Waals surface area contributed by atoms with E-state index in [4.69, 9.17) is 4.65 Å². The Balaban J connectivity index is 1.77. The third kappa shape index (κ3) is 3.19. The van der Waals surface area contributed by atoms with Crippen molar-refractivity contribution in [2.75, 3.05) is 0 Å². The van der Waals surface area contributed by atoms with Gasteiger partial charge < -0.3 is 14.9 Å². The number of aryl methyl sites for hydroxylation is 1. The summed E-state index contributed by atoms with van der Waals surface area (Å²) in [5, 5.41) is 22.6. The number of ketones is 1. The number of Topliss-reactive ketones (excluding diaryl/α,β-unsaturated/α-hetero) is 1. The summed E-state index contributed by atoms with van der Waals surface area (Å²) in [6.07, 6.45) is 0.584. The van der Waals surface area contributed by atoms with Gasteiger partial charge in [0.05, 0.1) is 0 Å². The maximum atomic E-state index is 12.5. The van der Waals surface area contributed by atoms with Crippen molar-refractivity contribution < 1.29 is 19.7 Å². The first-order valence-corrected chi connectivity index (χ1v) is 7.84. The van der Waals surface area contributed by atoms with Crippen LogP contribution in [0, 0.1) is 6.92 Å². The van der Waals surface area contributed by atoms with Crippen molar-refractivity contribution in [1.82, 2.24) is 0 Å². The van der Waals surface area contributed by atoms with Crippen LogP contribution in [0.15, 0.2) is 53.7 Å². The highest BCUT2D eigenvalue weighted by Crippen LogP contribution is 2.35. The number of carbonyl (C=O) groups excluding carboxylic acids is 1. The van der Waals surface area contributed by atoms with Crippen LogP contribution in [0.1, 0.15) is 23.1 Å². The van der Waals surface area contributed by atoms with E-state index >= 15 is 0 Å². The van der Waals surface area contributed by atoms with E-state index in [-0.39, 0.29) is 23.7 Å². The summed E-state index contributed by atoms with van der Waals surface area (Å²) in [6, 6.07) is 14.6. The lowest BCUT2D eigenvalue weighted by molar-refractivity contribution is -0.113. The maximum absolute atomic E-state index is 12.5. The van der Waals surface area contributed by atoms with Crippen LogP contribution in [-0.4, -0.2) is 28.8 Å². The van der Waals surface area contributed by atoms with Gasteiger partial charge in [-0.15, -0.1) is 0 Å². The van der Waals surface area contributed by atoms with Gasteiger partial charge in [-0.1, -0.05) is 53.7 Å². The van der Waals surface area contributed by atoms with Gasteiger partial charge in [0, 0.05) is 17.8 Å². The fourth-order valence-corrected chi connectivity index (χ4v) is 3.02. The van der Waals surface area contributed by atoms with Gasteiger partial charge in [0.25, 0.3) is 0 Å². The van der Waals surface area contributed by atoms with E-state index in [1.165, 1.54) is 0 Å². The highest BCUT2D eigenvalue weighted by Gasteiger charge is 2.37. The molecule has 1 atom stereocenters. The largest absolute Gasteiger partial charge is 0.536 e. The van der Waals surface area contributed by atoms with Gasteiger partial charge in [0.15, 0.2) is 11.5 Å². The average molecular weight is 323 g/mol. The molecular formula is C18H18BNO4. The zero-order valence-electron chi connectivity index (χ0n) is 13.3. The smallest absolute Gasteiger partial charge is 0.526 e. The molecule has 122 valence electrons. The van der Waals surface area contributed by atoms with Crippen LogP contribution in [-0.2, 0) is 11.2 Å². The molecule has 0 amide bonds. The van der Waals surface area contributed by atoms with Gasteiger partial charge in [-0.3, -0.25) is 4.79 Å². The Morgan fingerprint density at radius 3 is 2.71 bits per heavy atom. The fraction of sp³-hybridized carbons (Fsp3) is 0.222. The first-order valence-electron chi connectivity index (χ1n) is 7.84. The van der Waals surface area contributed by atoms with E-state index in [2.05, 4.69) is 5.16 Å². The molecule has 0 aliphatic carbocycles. The van der Waals surface area contributed by atoms with Crippen molar-refractivity contribution in [2.45, 2.75) is 25.6 Å². The van der Waals surface area contributed by atoms with Gasteiger partial charge in [-0.05, 0) is 24.5 Å². The third-order valence-electron chi connectivity index (χ3n) is 4.28. The van der Waals surface area contributed by atoms with Crippen molar-refractivity contribution in [3.8, 4) is 5.75 Å². The quantitative estimate of drug-likeness (QED) is 0.392. The average Bonchev–Trinajstić information content (AvgIpc) is 2.58. The second-order valence-corrected chi connectivity index (χ2v) is 5.98. The first-order chi connectivity index (χ1) is 11.6. The molecule has 0 saturated heterocycles. The van der Waals surface area contributed by atoms with E-state index in [1.54, 1.807) is 24.3 Å². The van der Waals surface area contributed by atoms with Crippen molar-refractivity contribution >= 4 is 18.6 Å². The molecule has 2 aromatic carbocycles. The van der Waals surface area contributed by atoms with Crippen molar-refractivity contribution in [3.05, 3.63) is 65.2 Å². The number of para-hydroxylation sites is 1. The van der Waals surface area contributed by atoms with Crippen LogP contribution in [0.4, 0.5) is 0 Å². The second-order valence-electron chi connectivity index (χ2n) is 5.98. The second kappa shape index (κ2) is 6.89. The Kier molecular flexibility index (Phi) is 4.67. The summed E-state index contributed by atoms with van der Waals surface area (Å²) in [5.41, 5.74) is 2.48. The standard InChI is InChI=1S/C18H18BNO4/c1-12-6-5-9-14-10-15(19(22)24-18(12)14)11-16(21)17(20-23)13-7-3-2-4-8-13/h2-9,15,22-23H,10-11H2,1H3/b20-17-/t15-/m1/s1. The summed E-state index contributed by atoms with van der Waals surface area (Å²) in [5.74, 6) is -0.0208. The van der Waals surface area contributed by atoms with E-state index in [0.717, 1.165) is 11.1 Å². The zero-order valence-corrected chi connectivity index (χ0v) is 13.3. The lowest BCUT2D eigenvalue weighted by Gasteiger charge is -2.28. The molecule has 2 aromatic rings. The van der Waals surface area contributed by atoms with Crippen LogP contribution < -0.4 is 4.65 Å². The Morgan fingerprint density at radius 1 is 1.25 bits per heavy atom. The van der Waals surface area contributed by atoms with Crippen molar-refractivity contribution in [1.29, 1.82) is 0 Å². The van der Waals surface area contributed by atoms with Gasteiger partial charge in [0.2, 0.25) is 0 Å². The minimum absolute atomic E-state index is 0.00200. The highest BCUT2D eigenvalue weighted by molar-refractivity contribution is 6.50. The van der Waals surface area contributed by atoms with E-state index in [0.29, 0.717) is 17.7 Å². The number of hydrogen-bond donors (Lipinski definition) is 2. The Labute approximate surface area is 140 Å². The van der Waals surface area contributed by atoms with Gasteiger partial charge in [-0.2, -0.15) is 0 Å². The molecular weight excluding hydrogens is 305 g/mol. The third-order valence-corrected chi connectivity index (χ3v) is 4.28. The normalized spacial score (nSPS) is 17.2. The lowest BCUT2D eigenvalue weighted by Crippen LogP contribution is -2.36. The highest BCUT2D eigenvalue weighted by atomic mass is 16.5. The fourth-order valence-electron chi connectivity index (χ4n) is 3.02. The first kappa shape index (κ1) is 16.3. The number of nitrogens with zero attached hydrogens (tertiary/aromatic N) is 1. The monoisotopic (exact) mass is 323 g/mol. The number of carbonyl (C=O) groups is 1. The van der Waals surface area contributed by atoms with Gasteiger partial charge >= 0.3 is 7.12 Å². The van der Waals surface area contributed by atoms with E-state index in [1.807, 2.05) is 31.2 Å². The summed E-state index contributed by atoms with van der Waals surface area (Å²) >= 11 is 0. The molecule has 1 aliphatic rings. The minimum Gasteiger partial charge on any atom is -0.536 e. The predicted molar refractivity (Wildman–Crippen MR) is 91.6 cm³/mol. The van der Waals surface area contributed by atoms with Crippen LogP contribution in [0.25, 0.3) is 0 Å². The molecule has 0 saturated carbocycles. The van der Waals surface area contributed by atoms with Crippen LogP contribution in [0.2, 0.25) is 5.82 Å². The molecule has 0 fully saturated rings. The number of oxime groups is 1. The van der Waals surface area contributed by atoms with Gasteiger partial charge in [-0.25, -0.2) is 0 Å². The van der Waals surface area contributed by atoms with Crippen molar-refractivity contribution in [3.63, 3.8) is 0 Å². The molecule has 1 heterocycles. The lowest BCUT2D eigenvalue weighted by atomic mass is 9.64. The topological polar surface area (TPSA) is 79.1 Å². The maximum Gasteiger partial charge on any atom is 0.526 e. The van der Waals surface area contributed by atoms with Crippen molar-refractivity contribution in [2.24, 2.45) is 5.16 Å². The molecule has 5 nitrogen and oxygen atoms in total. The molecule has 1 aliphatic heterocycles. The molecule has 2 N–H and O–H groups in total.